The standard InChI is InChI=1S/C76H48BN7/c78-49-57-28-19-35-69(72(57)76-80-74(54-24-9-3-10-25-54)79-75(81-76)55-26-11-4-12-27-55)84-65-32-16-13-29-61(65)62-46-56(40-45-66(62)84)58-47-70-73-71(48-58)83(60-43-38-53(39-44-60)51-22-7-2-8-23-51)68-34-18-15-31-64(68)77(73)63-30-14-17-33-67(63)82(70)59-41-36-52(37-42-59)50-20-5-1-6-21-50/h1-48H. The number of anilines is 6. The zero-order valence-electron chi connectivity index (χ0n) is 45.4. The Hall–Kier alpha value is -11.4. The Kier molecular flexibility index (Phi) is 11.5. The Morgan fingerprint density at radius 1 is 0.310 bits per heavy atom. The van der Waals surface area contributed by atoms with Gasteiger partial charge in [0, 0.05) is 56.0 Å². The van der Waals surface area contributed by atoms with Crippen molar-refractivity contribution >= 4 is 79.0 Å². The zero-order chi connectivity index (χ0) is 55.7. The lowest BCUT2D eigenvalue weighted by atomic mass is 9.33. The van der Waals surface area contributed by atoms with Gasteiger partial charge in [-0.25, -0.2) is 15.0 Å². The van der Waals surface area contributed by atoms with Crippen LogP contribution in [0.25, 0.3) is 95.0 Å². The molecular weight excluding hydrogens is 1020 g/mol. The van der Waals surface area contributed by atoms with Crippen molar-refractivity contribution < 1.29 is 0 Å². The number of nitriles is 1. The summed E-state index contributed by atoms with van der Waals surface area (Å²) >= 11 is 0. The van der Waals surface area contributed by atoms with Crippen molar-refractivity contribution in [2.24, 2.45) is 0 Å². The van der Waals surface area contributed by atoms with Crippen LogP contribution in [-0.2, 0) is 0 Å². The van der Waals surface area contributed by atoms with Crippen molar-refractivity contribution in [2.75, 3.05) is 9.80 Å². The summed E-state index contributed by atoms with van der Waals surface area (Å²) in [6.45, 7) is -0.0353. The summed E-state index contributed by atoms with van der Waals surface area (Å²) in [6.07, 6.45) is 0. The van der Waals surface area contributed by atoms with Crippen LogP contribution >= 0.6 is 0 Å². The first-order chi connectivity index (χ1) is 41.6. The highest BCUT2D eigenvalue weighted by Gasteiger charge is 2.43. The van der Waals surface area contributed by atoms with Crippen LogP contribution in [0.15, 0.2) is 291 Å². The van der Waals surface area contributed by atoms with E-state index in [1.165, 1.54) is 38.6 Å². The minimum atomic E-state index is -0.0353. The van der Waals surface area contributed by atoms with E-state index in [2.05, 4.69) is 239 Å². The summed E-state index contributed by atoms with van der Waals surface area (Å²) in [4.78, 5) is 20.3. The van der Waals surface area contributed by atoms with Crippen LogP contribution < -0.4 is 26.2 Å². The first kappa shape index (κ1) is 48.5. The van der Waals surface area contributed by atoms with Gasteiger partial charge in [0.05, 0.1) is 33.9 Å². The molecular formula is C76H48BN7. The van der Waals surface area contributed by atoms with Gasteiger partial charge < -0.3 is 14.4 Å². The number of benzene rings is 12. The molecule has 2 aromatic heterocycles. The fraction of sp³-hybridized carbons (Fsp3) is 0. The number of hydrogen-bond donors (Lipinski definition) is 0. The van der Waals surface area contributed by atoms with E-state index in [-0.39, 0.29) is 6.71 Å². The fourth-order valence-corrected chi connectivity index (χ4v) is 12.9. The van der Waals surface area contributed by atoms with Gasteiger partial charge in [0.1, 0.15) is 0 Å². The van der Waals surface area contributed by atoms with Crippen LogP contribution in [-0.4, -0.2) is 26.2 Å². The van der Waals surface area contributed by atoms with E-state index >= 15 is 0 Å². The third kappa shape index (κ3) is 8.01. The van der Waals surface area contributed by atoms with Crippen LogP contribution in [0.2, 0.25) is 0 Å². The molecule has 16 rings (SSSR count). The summed E-state index contributed by atoms with van der Waals surface area (Å²) in [5.41, 5.74) is 22.9. The predicted molar refractivity (Wildman–Crippen MR) is 346 cm³/mol. The van der Waals surface area contributed by atoms with Gasteiger partial charge in [0.2, 0.25) is 0 Å². The molecule has 0 aliphatic carbocycles. The molecule has 0 fully saturated rings. The van der Waals surface area contributed by atoms with Crippen LogP contribution in [0.3, 0.4) is 0 Å². The highest BCUT2D eigenvalue weighted by molar-refractivity contribution is 7.00. The van der Waals surface area contributed by atoms with Crippen LogP contribution in [0.1, 0.15) is 5.56 Å². The monoisotopic (exact) mass is 1070 g/mol. The average Bonchev–Trinajstić information content (AvgIpc) is 3.25. The summed E-state index contributed by atoms with van der Waals surface area (Å²) < 4.78 is 2.27. The Balaban J connectivity index is 0.918. The van der Waals surface area contributed by atoms with Gasteiger partial charge in [-0.15, -0.1) is 0 Å². The van der Waals surface area contributed by atoms with Gasteiger partial charge >= 0.3 is 0 Å². The first-order valence-corrected chi connectivity index (χ1v) is 28.3. The number of rotatable bonds is 9. The van der Waals surface area contributed by atoms with E-state index in [0.717, 1.165) is 83.9 Å². The van der Waals surface area contributed by atoms with Crippen molar-refractivity contribution in [1.82, 2.24) is 19.5 Å². The minimum absolute atomic E-state index is 0.0353. The number of aromatic nitrogens is 4. The normalized spacial score (nSPS) is 12.2. The number of fused-ring (bicyclic) bond motifs is 7. The second-order valence-corrected chi connectivity index (χ2v) is 21.4. The molecule has 84 heavy (non-hydrogen) atoms. The van der Waals surface area contributed by atoms with Gasteiger partial charge in [0.25, 0.3) is 6.71 Å². The van der Waals surface area contributed by atoms with Crippen LogP contribution in [0.5, 0.6) is 0 Å². The maximum Gasteiger partial charge on any atom is 0.252 e. The van der Waals surface area contributed by atoms with E-state index in [0.29, 0.717) is 28.6 Å². The summed E-state index contributed by atoms with van der Waals surface area (Å²) in [6, 6.07) is 106. The molecule has 0 saturated carbocycles. The minimum Gasteiger partial charge on any atom is -0.311 e. The van der Waals surface area contributed by atoms with Crippen molar-refractivity contribution in [3.8, 4) is 79.3 Å². The highest BCUT2D eigenvalue weighted by Crippen LogP contribution is 2.48. The molecule has 0 bridgehead atoms. The lowest BCUT2D eigenvalue weighted by Gasteiger charge is -2.44. The van der Waals surface area contributed by atoms with E-state index in [1.54, 1.807) is 0 Å². The van der Waals surface area contributed by atoms with E-state index < -0.39 is 0 Å². The smallest absolute Gasteiger partial charge is 0.252 e. The maximum atomic E-state index is 11.0. The molecule has 8 heteroatoms. The maximum absolute atomic E-state index is 11.0. The second kappa shape index (κ2) is 20.0. The van der Waals surface area contributed by atoms with E-state index in [1.807, 2.05) is 72.8 Å². The topological polar surface area (TPSA) is 73.9 Å². The van der Waals surface area contributed by atoms with Crippen LogP contribution in [0.4, 0.5) is 34.1 Å². The van der Waals surface area contributed by atoms with Crippen molar-refractivity contribution in [1.29, 1.82) is 5.26 Å². The number of hydrogen-bond acceptors (Lipinski definition) is 6. The molecule has 0 saturated heterocycles. The van der Waals surface area contributed by atoms with Crippen LogP contribution in [0, 0.1) is 11.3 Å². The lowest BCUT2D eigenvalue weighted by Crippen LogP contribution is -2.61. The molecule has 2 aliphatic rings. The average molecular weight is 1070 g/mol. The SMILES string of the molecule is N#Cc1cccc(-n2c3ccccc3c3cc(-c4cc5c6c(c4)N(c4ccc(-c7ccccc7)cc4)c4ccccc4B6c4ccccc4N5c4ccc(-c5ccccc5)cc4)ccc32)c1-c1nc(-c2ccccc2)nc(-c2ccccc2)n1. The Morgan fingerprint density at radius 3 is 1.27 bits per heavy atom. The quantitative estimate of drug-likeness (QED) is 0.134. The number of para-hydroxylation sites is 3. The molecule has 0 amide bonds. The molecule has 0 N–H and O–H groups in total. The third-order valence-corrected chi connectivity index (χ3v) is 16.7. The zero-order valence-corrected chi connectivity index (χ0v) is 45.4. The van der Waals surface area contributed by atoms with Gasteiger partial charge in [0.15, 0.2) is 17.5 Å². The van der Waals surface area contributed by atoms with E-state index in [9.17, 15) is 5.26 Å². The predicted octanol–water partition coefficient (Wildman–Crippen LogP) is 16.9. The van der Waals surface area contributed by atoms with Crippen molar-refractivity contribution in [3.05, 3.63) is 297 Å². The Labute approximate surface area is 487 Å². The van der Waals surface area contributed by atoms with E-state index in [4.69, 9.17) is 15.0 Å². The number of nitrogens with zero attached hydrogens (tertiary/aromatic N) is 7. The molecule has 0 atom stereocenters. The molecule has 390 valence electrons. The van der Waals surface area contributed by atoms with Gasteiger partial charge in [-0.2, -0.15) is 5.26 Å². The largest absolute Gasteiger partial charge is 0.311 e. The van der Waals surface area contributed by atoms with Crippen molar-refractivity contribution in [2.45, 2.75) is 0 Å². The molecule has 0 radical (unpaired) electrons. The lowest BCUT2D eigenvalue weighted by molar-refractivity contribution is 1.06. The highest BCUT2D eigenvalue weighted by atomic mass is 15.2. The Morgan fingerprint density at radius 2 is 0.738 bits per heavy atom. The van der Waals surface area contributed by atoms with Gasteiger partial charge in [-0.1, -0.05) is 212 Å². The van der Waals surface area contributed by atoms with Crippen molar-refractivity contribution in [3.63, 3.8) is 0 Å². The first-order valence-electron chi connectivity index (χ1n) is 28.3. The fourth-order valence-electron chi connectivity index (χ4n) is 12.9. The third-order valence-electron chi connectivity index (χ3n) is 16.7. The molecule has 2 aliphatic heterocycles. The van der Waals surface area contributed by atoms with Gasteiger partial charge in [-0.05, 0) is 129 Å². The van der Waals surface area contributed by atoms with Gasteiger partial charge in [-0.3, -0.25) is 0 Å². The second-order valence-electron chi connectivity index (χ2n) is 21.4. The molecule has 0 unspecified atom stereocenters. The molecule has 0 spiro atoms. The Bertz CT molecular complexity index is 4690. The molecule has 14 aromatic rings. The molecule has 12 aromatic carbocycles. The summed E-state index contributed by atoms with van der Waals surface area (Å²) in [5, 5.41) is 13.1. The summed E-state index contributed by atoms with van der Waals surface area (Å²) in [5.74, 6) is 1.47. The summed E-state index contributed by atoms with van der Waals surface area (Å²) in [7, 11) is 0. The molecule has 7 nitrogen and oxygen atoms in total. The molecule has 4 heterocycles.